The largest absolute Gasteiger partial charge is 0.481 e. The van der Waals surface area contributed by atoms with Crippen molar-refractivity contribution in [1.29, 1.82) is 0 Å². The van der Waals surface area contributed by atoms with E-state index in [9.17, 15) is 18.0 Å². The number of alkyl halides is 3. The predicted octanol–water partition coefficient (Wildman–Crippen LogP) is 1.37. The summed E-state index contributed by atoms with van der Waals surface area (Å²) in [6.45, 7) is 2.52. The SMILES string of the molecule is CCC(CC(=O)O)N1CCn2c(nnc2C(F)(F)F)C1. The molecule has 1 unspecified atom stereocenters. The number of halogens is 3. The summed E-state index contributed by atoms with van der Waals surface area (Å²) in [7, 11) is 0. The van der Waals surface area contributed by atoms with E-state index in [4.69, 9.17) is 5.11 Å². The van der Waals surface area contributed by atoms with Crippen molar-refractivity contribution in [1.82, 2.24) is 19.7 Å². The summed E-state index contributed by atoms with van der Waals surface area (Å²) >= 11 is 0. The molecule has 20 heavy (non-hydrogen) atoms. The summed E-state index contributed by atoms with van der Waals surface area (Å²) in [5.41, 5.74) is 0. The Balaban J connectivity index is 2.16. The quantitative estimate of drug-likeness (QED) is 0.907. The number of aromatic nitrogens is 3. The fraction of sp³-hybridized carbons (Fsp3) is 0.727. The van der Waals surface area contributed by atoms with Crippen molar-refractivity contribution in [2.24, 2.45) is 0 Å². The zero-order valence-electron chi connectivity index (χ0n) is 10.9. The van der Waals surface area contributed by atoms with Crippen LogP contribution in [0, 0.1) is 0 Å². The Hall–Kier alpha value is -1.64. The molecule has 0 bridgehead atoms. The maximum Gasteiger partial charge on any atom is 0.451 e. The topological polar surface area (TPSA) is 71.2 Å². The third-order valence-electron chi connectivity index (χ3n) is 3.43. The average Bonchev–Trinajstić information content (AvgIpc) is 2.78. The lowest BCUT2D eigenvalue weighted by atomic mass is 10.1. The van der Waals surface area contributed by atoms with Crippen LogP contribution in [-0.2, 0) is 24.1 Å². The van der Waals surface area contributed by atoms with Crippen LogP contribution < -0.4 is 0 Å². The van der Waals surface area contributed by atoms with Crippen LogP contribution in [0.3, 0.4) is 0 Å². The van der Waals surface area contributed by atoms with Crippen LogP contribution in [-0.4, -0.2) is 43.3 Å². The van der Waals surface area contributed by atoms with E-state index in [2.05, 4.69) is 10.2 Å². The number of aliphatic carboxylic acids is 1. The van der Waals surface area contributed by atoms with Gasteiger partial charge in [-0.3, -0.25) is 9.69 Å². The molecule has 0 spiro atoms. The van der Waals surface area contributed by atoms with Gasteiger partial charge in [0, 0.05) is 19.1 Å². The van der Waals surface area contributed by atoms with Crippen LogP contribution in [0.1, 0.15) is 31.4 Å². The molecular formula is C11H15F3N4O2. The summed E-state index contributed by atoms with van der Waals surface area (Å²) in [6.07, 6.45) is -3.93. The molecule has 1 N–H and O–H groups in total. The van der Waals surface area contributed by atoms with Gasteiger partial charge >= 0.3 is 12.1 Å². The minimum absolute atomic E-state index is 0.0310. The predicted molar refractivity (Wildman–Crippen MR) is 61.8 cm³/mol. The minimum atomic E-state index is -4.52. The summed E-state index contributed by atoms with van der Waals surface area (Å²) < 4.78 is 39.1. The van der Waals surface area contributed by atoms with Gasteiger partial charge in [-0.05, 0) is 6.42 Å². The standard InChI is InChI=1S/C11H15F3N4O2/c1-2-7(5-9(19)20)17-3-4-18-8(6-17)15-16-10(18)11(12,13)14/h7H,2-6H2,1H3,(H,19,20). The molecule has 0 fully saturated rings. The summed E-state index contributed by atoms with van der Waals surface area (Å²) in [5.74, 6) is -1.68. The molecule has 0 aromatic carbocycles. The second-order valence-electron chi connectivity index (χ2n) is 4.72. The van der Waals surface area contributed by atoms with Gasteiger partial charge in [0.25, 0.3) is 0 Å². The lowest BCUT2D eigenvalue weighted by molar-refractivity contribution is -0.148. The van der Waals surface area contributed by atoms with Crippen molar-refractivity contribution in [3.05, 3.63) is 11.6 Å². The van der Waals surface area contributed by atoms with E-state index in [1.54, 1.807) is 0 Å². The lowest BCUT2D eigenvalue weighted by Crippen LogP contribution is -2.42. The van der Waals surface area contributed by atoms with Crippen LogP contribution in [0.2, 0.25) is 0 Å². The molecular weight excluding hydrogens is 277 g/mol. The molecule has 1 aliphatic heterocycles. The van der Waals surface area contributed by atoms with Gasteiger partial charge in [0.1, 0.15) is 5.82 Å². The van der Waals surface area contributed by atoms with Crippen LogP contribution in [0.15, 0.2) is 0 Å². The zero-order valence-corrected chi connectivity index (χ0v) is 10.9. The van der Waals surface area contributed by atoms with Crippen molar-refractivity contribution < 1.29 is 23.1 Å². The summed E-state index contributed by atoms with van der Waals surface area (Å²) in [6, 6.07) is -0.202. The minimum Gasteiger partial charge on any atom is -0.481 e. The van der Waals surface area contributed by atoms with E-state index in [-0.39, 0.29) is 31.4 Å². The van der Waals surface area contributed by atoms with Crippen molar-refractivity contribution in [2.45, 2.75) is 45.1 Å². The first-order chi connectivity index (χ1) is 9.32. The third kappa shape index (κ3) is 2.92. The van der Waals surface area contributed by atoms with Gasteiger partial charge in [-0.15, -0.1) is 10.2 Å². The Bertz CT molecular complexity index is 500. The Morgan fingerprint density at radius 3 is 2.65 bits per heavy atom. The highest BCUT2D eigenvalue weighted by Crippen LogP contribution is 2.30. The van der Waals surface area contributed by atoms with E-state index in [1.807, 2.05) is 11.8 Å². The van der Waals surface area contributed by atoms with E-state index >= 15 is 0 Å². The van der Waals surface area contributed by atoms with Gasteiger partial charge in [-0.1, -0.05) is 6.92 Å². The molecule has 6 nitrogen and oxygen atoms in total. The highest BCUT2D eigenvalue weighted by atomic mass is 19.4. The van der Waals surface area contributed by atoms with Gasteiger partial charge in [0.15, 0.2) is 0 Å². The van der Waals surface area contributed by atoms with E-state index in [0.717, 1.165) is 4.57 Å². The molecule has 1 aromatic heterocycles. The smallest absolute Gasteiger partial charge is 0.451 e. The number of hydrogen-bond acceptors (Lipinski definition) is 4. The van der Waals surface area contributed by atoms with Crippen molar-refractivity contribution in [3.63, 3.8) is 0 Å². The first-order valence-corrected chi connectivity index (χ1v) is 6.28. The van der Waals surface area contributed by atoms with E-state index in [1.165, 1.54) is 0 Å². The maximum atomic E-state index is 12.7. The molecule has 9 heteroatoms. The zero-order chi connectivity index (χ0) is 14.9. The monoisotopic (exact) mass is 292 g/mol. The molecule has 0 amide bonds. The van der Waals surface area contributed by atoms with Crippen LogP contribution >= 0.6 is 0 Å². The number of carboxylic acid groups (broad SMARTS) is 1. The van der Waals surface area contributed by atoms with Crippen molar-refractivity contribution >= 4 is 5.97 Å². The van der Waals surface area contributed by atoms with Crippen LogP contribution in [0.4, 0.5) is 13.2 Å². The number of nitrogens with zero attached hydrogens (tertiary/aromatic N) is 4. The maximum absolute atomic E-state index is 12.7. The molecule has 1 aliphatic rings. The Kier molecular flexibility index (Phi) is 3.98. The van der Waals surface area contributed by atoms with Gasteiger partial charge < -0.3 is 9.67 Å². The highest BCUT2D eigenvalue weighted by Gasteiger charge is 2.40. The second-order valence-corrected chi connectivity index (χ2v) is 4.72. The first kappa shape index (κ1) is 14.8. The first-order valence-electron chi connectivity index (χ1n) is 6.28. The van der Waals surface area contributed by atoms with Crippen molar-refractivity contribution in [3.8, 4) is 0 Å². The fourth-order valence-electron chi connectivity index (χ4n) is 2.43. The number of rotatable bonds is 4. The van der Waals surface area contributed by atoms with Crippen molar-refractivity contribution in [2.75, 3.05) is 6.54 Å². The fourth-order valence-corrected chi connectivity index (χ4v) is 2.43. The molecule has 2 rings (SSSR count). The van der Waals surface area contributed by atoms with E-state index in [0.29, 0.717) is 13.0 Å². The van der Waals surface area contributed by atoms with Crippen LogP contribution in [0.25, 0.3) is 0 Å². The second kappa shape index (κ2) is 5.39. The van der Waals surface area contributed by atoms with Gasteiger partial charge in [0.05, 0.1) is 13.0 Å². The third-order valence-corrected chi connectivity index (χ3v) is 3.43. The average molecular weight is 292 g/mol. The number of fused-ring (bicyclic) bond motifs is 1. The molecule has 0 aliphatic carbocycles. The Labute approximate surface area is 113 Å². The number of carbonyl (C=O) groups is 1. The molecule has 1 aromatic rings. The summed E-state index contributed by atoms with van der Waals surface area (Å²) in [4.78, 5) is 12.6. The molecule has 0 saturated heterocycles. The Morgan fingerprint density at radius 2 is 2.10 bits per heavy atom. The molecule has 2 heterocycles. The highest BCUT2D eigenvalue weighted by molar-refractivity contribution is 5.67. The summed E-state index contributed by atoms with van der Waals surface area (Å²) in [5, 5.41) is 15.6. The molecule has 0 saturated carbocycles. The van der Waals surface area contributed by atoms with Gasteiger partial charge in [-0.2, -0.15) is 13.2 Å². The normalized spacial score (nSPS) is 17.8. The molecule has 1 atom stereocenters. The number of hydrogen-bond donors (Lipinski definition) is 1. The lowest BCUT2D eigenvalue weighted by Gasteiger charge is -2.33. The molecule has 112 valence electrons. The van der Waals surface area contributed by atoms with Crippen LogP contribution in [0.5, 0.6) is 0 Å². The van der Waals surface area contributed by atoms with E-state index < -0.39 is 18.0 Å². The van der Waals surface area contributed by atoms with Gasteiger partial charge in [-0.25, -0.2) is 0 Å². The van der Waals surface area contributed by atoms with Gasteiger partial charge in [0.2, 0.25) is 5.82 Å². The Morgan fingerprint density at radius 1 is 1.40 bits per heavy atom. The molecule has 0 radical (unpaired) electrons. The number of carboxylic acids is 1.